The first-order chi connectivity index (χ1) is 10.4. The molecule has 1 unspecified atom stereocenters. The van der Waals surface area contributed by atoms with E-state index in [1.165, 1.54) is 16.2 Å². The van der Waals surface area contributed by atoms with Crippen LogP contribution in [-0.2, 0) is 9.47 Å². The summed E-state index contributed by atoms with van der Waals surface area (Å²) in [6, 6.07) is -0.271. The highest BCUT2D eigenvalue weighted by molar-refractivity contribution is 7.15. The van der Waals surface area contributed by atoms with E-state index < -0.39 is 12.4 Å². The molecule has 1 aromatic rings. The highest BCUT2D eigenvalue weighted by atomic mass is 32.1. The molecule has 2 amide bonds. The van der Waals surface area contributed by atoms with Gasteiger partial charge in [-0.3, -0.25) is 0 Å². The van der Waals surface area contributed by atoms with E-state index in [4.69, 9.17) is 9.47 Å². The highest BCUT2D eigenvalue weighted by Crippen LogP contribution is 2.30. The van der Waals surface area contributed by atoms with Crippen molar-refractivity contribution in [2.45, 2.75) is 39.3 Å². The van der Waals surface area contributed by atoms with Gasteiger partial charge < -0.3 is 14.4 Å². The third-order valence-electron chi connectivity index (χ3n) is 3.16. The van der Waals surface area contributed by atoms with Gasteiger partial charge in [0.25, 0.3) is 0 Å². The van der Waals surface area contributed by atoms with E-state index in [0.29, 0.717) is 18.1 Å². The fraction of sp³-hybridized carbons (Fsp3) is 0.692. The first-order valence-electron chi connectivity index (χ1n) is 7.15. The monoisotopic (exact) mass is 328 g/mol. The summed E-state index contributed by atoms with van der Waals surface area (Å²) in [6.45, 7) is 6.41. The lowest BCUT2D eigenvalue weighted by Crippen LogP contribution is -2.54. The van der Waals surface area contributed by atoms with Crippen molar-refractivity contribution in [1.29, 1.82) is 0 Å². The molecular weight excluding hydrogens is 308 g/mol. The molecule has 0 saturated carbocycles. The molecule has 1 atom stereocenters. The number of carbonyl (C=O) groups is 2. The summed E-state index contributed by atoms with van der Waals surface area (Å²) < 4.78 is 10.0. The van der Waals surface area contributed by atoms with Crippen LogP contribution in [0.15, 0.2) is 0 Å². The Kier molecular flexibility index (Phi) is 5.17. The molecule has 1 fully saturated rings. The van der Waals surface area contributed by atoms with Gasteiger partial charge >= 0.3 is 12.2 Å². The van der Waals surface area contributed by atoms with E-state index in [0.717, 1.165) is 5.01 Å². The molecule has 9 heteroatoms. The maximum absolute atomic E-state index is 12.4. The lowest BCUT2D eigenvalue weighted by Gasteiger charge is -2.36. The third-order valence-corrected chi connectivity index (χ3v) is 4.38. The predicted octanol–water partition coefficient (Wildman–Crippen LogP) is 2.42. The average molecular weight is 328 g/mol. The second-order valence-corrected chi connectivity index (χ2v) is 6.18. The molecule has 0 aliphatic carbocycles. The zero-order valence-corrected chi connectivity index (χ0v) is 13.9. The smallest absolute Gasteiger partial charge is 0.435 e. The molecule has 0 spiro atoms. The van der Waals surface area contributed by atoms with Crippen LogP contribution in [0, 0.1) is 0 Å². The van der Waals surface area contributed by atoms with Crippen LogP contribution in [-0.4, -0.2) is 53.7 Å². The quantitative estimate of drug-likeness (QED) is 0.789. The van der Waals surface area contributed by atoms with Crippen molar-refractivity contribution in [2.75, 3.05) is 25.1 Å². The number of ether oxygens (including phenoxy) is 2. The van der Waals surface area contributed by atoms with Crippen molar-refractivity contribution < 1.29 is 19.1 Å². The van der Waals surface area contributed by atoms with Crippen molar-refractivity contribution in [3.05, 3.63) is 5.01 Å². The minimum Gasteiger partial charge on any atom is -0.435 e. The van der Waals surface area contributed by atoms with E-state index in [1.54, 1.807) is 18.9 Å². The summed E-state index contributed by atoms with van der Waals surface area (Å²) in [6.07, 6.45) is -1.03. The summed E-state index contributed by atoms with van der Waals surface area (Å²) in [5.41, 5.74) is 0. The Balaban J connectivity index is 2.23. The standard InChI is InChI=1S/C13H20N4O4S/c1-5-20-13(19)21-9-6-7-16(4)12(18)17(9)11-15-14-10(22-11)8(2)3/h8-9H,5-7H2,1-4H3. The van der Waals surface area contributed by atoms with Gasteiger partial charge in [-0.05, 0) is 6.92 Å². The number of anilines is 1. The molecule has 0 aromatic carbocycles. The molecule has 2 rings (SSSR count). The van der Waals surface area contributed by atoms with Crippen LogP contribution in [0.5, 0.6) is 0 Å². The second kappa shape index (κ2) is 6.91. The number of amides is 2. The van der Waals surface area contributed by atoms with Crippen LogP contribution >= 0.6 is 11.3 Å². The Morgan fingerprint density at radius 3 is 2.77 bits per heavy atom. The number of rotatable bonds is 4. The molecule has 22 heavy (non-hydrogen) atoms. The maximum Gasteiger partial charge on any atom is 0.510 e. The Morgan fingerprint density at radius 1 is 1.45 bits per heavy atom. The van der Waals surface area contributed by atoms with Gasteiger partial charge in [0.15, 0.2) is 6.23 Å². The number of urea groups is 1. The molecule has 1 aliphatic heterocycles. The maximum atomic E-state index is 12.4. The van der Waals surface area contributed by atoms with Crippen LogP contribution in [0.25, 0.3) is 0 Å². The van der Waals surface area contributed by atoms with Gasteiger partial charge in [-0.2, -0.15) is 0 Å². The van der Waals surface area contributed by atoms with Crippen LogP contribution in [0.1, 0.15) is 38.1 Å². The molecule has 1 saturated heterocycles. The van der Waals surface area contributed by atoms with E-state index >= 15 is 0 Å². The summed E-state index contributed by atoms with van der Waals surface area (Å²) >= 11 is 1.32. The average Bonchev–Trinajstić information content (AvgIpc) is 2.93. The Hall–Kier alpha value is -1.90. The molecule has 0 bridgehead atoms. The van der Waals surface area contributed by atoms with Gasteiger partial charge in [-0.15, -0.1) is 10.2 Å². The molecule has 1 aliphatic rings. The minimum absolute atomic E-state index is 0.216. The number of hydrogen-bond donors (Lipinski definition) is 0. The Labute approximate surface area is 133 Å². The van der Waals surface area contributed by atoms with Crippen molar-refractivity contribution in [1.82, 2.24) is 15.1 Å². The second-order valence-electron chi connectivity index (χ2n) is 5.20. The molecular formula is C13H20N4O4S. The minimum atomic E-state index is -0.788. The summed E-state index contributed by atoms with van der Waals surface area (Å²) in [4.78, 5) is 26.9. The lowest BCUT2D eigenvalue weighted by atomic mass is 10.2. The van der Waals surface area contributed by atoms with Crippen molar-refractivity contribution >= 4 is 28.7 Å². The number of hydrogen-bond acceptors (Lipinski definition) is 7. The topological polar surface area (TPSA) is 84.9 Å². The fourth-order valence-electron chi connectivity index (χ4n) is 1.97. The number of nitrogens with zero attached hydrogens (tertiary/aromatic N) is 4. The third kappa shape index (κ3) is 3.46. The van der Waals surface area contributed by atoms with Crippen LogP contribution in [0.4, 0.5) is 14.7 Å². The van der Waals surface area contributed by atoms with E-state index in [-0.39, 0.29) is 18.6 Å². The fourth-order valence-corrected chi connectivity index (χ4v) is 2.85. The molecule has 0 N–H and O–H groups in total. The normalized spacial score (nSPS) is 18.8. The summed E-state index contributed by atoms with van der Waals surface area (Å²) in [5, 5.41) is 9.40. The SMILES string of the molecule is CCOC(=O)OC1CCN(C)C(=O)N1c1nnc(C(C)C)s1. The van der Waals surface area contributed by atoms with Crippen molar-refractivity contribution in [2.24, 2.45) is 0 Å². The van der Waals surface area contributed by atoms with Crippen molar-refractivity contribution in [3.63, 3.8) is 0 Å². The first-order valence-corrected chi connectivity index (χ1v) is 7.96. The van der Waals surface area contributed by atoms with Crippen LogP contribution < -0.4 is 4.90 Å². The van der Waals surface area contributed by atoms with Gasteiger partial charge in [0.1, 0.15) is 5.01 Å². The predicted molar refractivity (Wildman–Crippen MR) is 81.0 cm³/mol. The summed E-state index contributed by atoms with van der Waals surface area (Å²) in [5.74, 6) is 0.216. The van der Waals surface area contributed by atoms with E-state index in [2.05, 4.69) is 10.2 Å². The zero-order valence-electron chi connectivity index (χ0n) is 13.1. The summed E-state index contributed by atoms with van der Waals surface area (Å²) in [7, 11) is 1.69. The van der Waals surface area contributed by atoms with Crippen LogP contribution in [0.2, 0.25) is 0 Å². The molecule has 2 heterocycles. The Morgan fingerprint density at radius 2 is 2.18 bits per heavy atom. The Bertz CT molecular complexity index is 548. The number of carbonyl (C=O) groups excluding carboxylic acids is 2. The first kappa shape index (κ1) is 16.5. The van der Waals surface area contributed by atoms with Gasteiger partial charge in [0.2, 0.25) is 5.13 Å². The molecule has 8 nitrogen and oxygen atoms in total. The molecule has 0 radical (unpaired) electrons. The highest BCUT2D eigenvalue weighted by Gasteiger charge is 2.37. The molecule has 122 valence electrons. The zero-order chi connectivity index (χ0) is 16.3. The van der Waals surface area contributed by atoms with Gasteiger partial charge in [-0.25, -0.2) is 14.5 Å². The number of aromatic nitrogens is 2. The lowest BCUT2D eigenvalue weighted by molar-refractivity contribution is 0.0164. The largest absolute Gasteiger partial charge is 0.510 e. The van der Waals surface area contributed by atoms with Gasteiger partial charge in [0, 0.05) is 25.9 Å². The van der Waals surface area contributed by atoms with E-state index in [9.17, 15) is 9.59 Å². The van der Waals surface area contributed by atoms with Gasteiger partial charge in [0.05, 0.1) is 6.61 Å². The van der Waals surface area contributed by atoms with Crippen molar-refractivity contribution in [3.8, 4) is 0 Å². The molecule has 1 aromatic heterocycles. The van der Waals surface area contributed by atoms with Crippen LogP contribution in [0.3, 0.4) is 0 Å². The van der Waals surface area contributed by atoms with E-state index in [1.807, 2.05) is 13.8 Å². The van der Waals surface area contributed by atoms with Gasteiger partial charge in [-0.1, -0.05) is 25.2 Å².